The number of amides is 12. The molecule has 648 valence electrons. The summed E-state index contributed by atoms with van der Waals surface area (Å²) in [5.74, 6) is -6.72. The number of carbonyl (C=O) groups excluding carboxylic acids is 12. The highest BCUT2D eigenvalue weighted by Crippen LogP contribution is 2.27. The Morgan fingerprint density at radius 1 is 0.274 bits per heavy atom. The molecule has 0 heterocycles. The van der Waals surface area contributed by atoms with Gasteiger partial charge in [0, 0.05) is 43.8 Å². The highest BCUT2D eigenvalue weighted by Gasteiger charge is 2.38. The summed E-state index contributed by atoms with van der Waals surface area (Å²) >= 11 is 0. The van der Waals surface area contributed by atoms with Crippen LogP contribution in [0.3, 0.4) is 0 Å². The first-order valence-corrected chi connectivity index (χ1v) is 42.2. The number of benzene rings is 4. The number of nitrogens with two attached hydrogens (primary N) is 5. The lowest BCUT2D eigenvalue weighted by Gasteiger charge is -2.37. The molecule has 0 unspecified atom stereocenters. The lowest BCUT2D eigenvalue weighted by molar-refractivity contribution is -0.152. The van der Waals surface area contributed by atoms with E-state index in [1.54, 1.807) is 65.8 Å². The Morgan fingerprint density at radius 2 is 0.487 bits per heavy atom. The zero-order chi connectivity index (χ0) is 86.7. The van der Waals surface area contributed by atoms with Crippen LogP contribution in [0, 0.1) is 0 Å². The van der Waals surface area contributed by atoms with Gasteiger partial charge >= 0.3 is 0 Å². The van der Waals surface area contributed by atoms with Crippen LogP contribution < -0.4 is 34.0 Å². The van der Waals surface area contributed by atoms with E-state index in [1.165, 1.54) is 53.9 Å². The maximum atomic E-state index is 15.5. The first-order valence-electron chi connectivity index (χ1n) is 42.2. The van der Waals surface area contributed by atoms with Gasteiger partial charge in [-0.25, -0.2) is 0 Å². The van der Waals surface area contributed by atoms with E-state index in [4.69, 9.17) is 28.7 Å². The highest BCUT2D eigenvalue weighted by atomic mass is 16.2. The van der Waals surface area contributed by atoms with E-state index in [0.717, 1.165) is 24.0 Å². The Labute approximate surface area is 696 Å². The minimum absolute atomic E-state index is 0.00101. The number of hydrogen-bond acceptors (Lipinski definition) is 17. The Balaban J connectivity index is 1.72. The molecule has 12 amide bonds. The molecular weight excluding hydrogens is 1490 g/mol. The zero-order valence-corrected chi connectivity index (χ0v) is 72.0. The van der Waals surface area contributed by atoms with E-state index in [9.17, 15) is 24.0 Å². The SMILES string of the molecule is CC[C@@H](C)N(CC(=O)N(CC(N)=O)[C@H](C)c1ccccc1)C(=O)CN(CCCCN)C(=O)CN(C(=O)CN(C(=O)CN(CCCCN)C(=O)CN(C(=O)CN(C(=O)CN(CCCCN)C(=O)CN(C(=O)CN(C(=O)CNCCCCN)[C@H](C)CC)[C@H](C)c1ccccc1)[C@H](C)CC)[C@H](C)c1ccccc1)[C@H](C)CC)[C@H](C)c1ccccc1. The van der Waals surface area contributed by atoms with Gasteiger partial charge in [0.2, 0.25) is 70.9 Å². The van der Waals surface area contributed by atoms with E-state index >= 15 is 33.6 Å². The lowest BCUT2D eigenvalue weighted by atomic mass is 10.1. The number of nitrogens with zero attached hydrogens (tertiary/aromatic N) is 11. The molecule has 0 saturated carbocycles. The summed E-state index contributed by atoms with van der Waals surface area (Å²) in [7, 11) is 0. The van der Waals surface area contributed by atoms with Gasteiger partial charge in [-0.15, -0.1) is 0 Å². The first-order chi connectivity index (χ1) is 56.0. The van der Waals surface area contributed by atoms with E-state index in [2.05, 4.69) is 5.32 Å². The predicted octanol–water partition coefficient (Wildman–Crippen LogP) is 6.37. The van der Waals surface area contributed by atoms with Crippen molar-refractivity contribution in [2.75, 3.05) is 131 Å². The number of hydrogen-bond donors (Lipinski definition) is 6. The van der Waals surface area contributed by atoms with Crippen molar-refractivity contribution < 1.29 is 57.5 Å². The Kier molecular flexibility index (Phi) is 45.7. The van der Waals surface area contributed by atoms with Crippen molar-refractivity contribution in [3.63, 3.8) is 0 Å². The Morgan fingerprint density at radius 3 is 0.718 bits per heavy atom. The molecule has 11 N–H and O–H groups in total. The number of rotatable bonds is 56. The summed E-state index contributed by atoms with van der Waals surface area (Å²) in [6, 6.07) is 31.6. The second kappa shape index (κ2) is 53.6. The van der Waals surface area contributed by atoms with Crippen LogP contribution in [0.2, 0.25) is 0 Å². The van der Waals surface area contributed by atoms with Gasteiger partial charge in [-0.05, 0) is 187 Å². The summed E-state index contributed by atoms with van der Waals surface area (Å²) in [5.41, 5.74) is 32.2. The molecule has 4 aromatic rings. The molecule has 29 nitrogen and oxygen atoms in total. The Hall–Kier alpha value is -9.68. The van der Waals surface area contributed by atoms with Gasteiger partial charge in [-0.1, -0.05) is 149 Å². The van der Waals surface area contributed by atoms with Crippen molar-refractivity contribution in [3.05, 3.63) is 144 Å². The first kappa shape index (κ1) is 99.7. The van der Waals surface area contributed by atoms with Gasteiger partial charge < -0.3 is 87.9 Å². The minimum Gasteiger partial charge on any atom is -0.368 e. The third kappa shape index (κ3) is 32.6. The number of unbranched alkanes of at least 4 members (excludes halogenated alkanes) is 4. The van der Waals surface area contributed by atoms with Crippen molar-refractivity contribution in [1.82, 2.24) is 59.2 Å². The van der Waals surface area contributed by atoms with E-state index in [1.807, 2.05) is 139 Å². The van der Waals surface area contributed by atoms with Crippen LogP contribution in [0.5, 0.6) is 0 Å². The quantitative estimate of drug-likeness (QED) is 0.0261. The summed E-state index contributed by atoms with van der Waals surface area (Å²) in [6.45, 7) is 18.7. The average Bonchev–Trinajstić information content (AvgIpc) is 0.831. The minimum atomic E-state index is -0.779. The summed E-state index contributed by atoms with van der Waals surface area (Å²) in [4.78, 5) is 193. The highest BCUT2D eigenvalue weighted by molar-refractivity contribution is 5.95. The maximum absolute atomic E-state index is 15.5. The largest absolute Gasteiger partial charge is 0.368 e. The molecule has 8 atom stereocenters. The van der Waals surface area contributed by atoms with Crippen LogP contribution in [0.1, 0.15) is 207 Å². The zero-order valence-electron chi connectivity index (χ0n) is 72.0. The summed E-state index contributed by atoms with van der Waals surface area (Å²) < 4.78 is 0. The van der Waals surface area contributed by atoms with Crippen molar-refractivity contribution in [2.24, 2.45) is 28.7 Å². The monoisotopic (exact) mass is 1630 g/mol. The predicted molar refractivity (Wildman–Crippen MR) is 457 cm³/mol. The smallest absolute Gasteiger partial charge is 0.243 e. The molecule has 0 aliphatic carbocycles. The third-order valence-corrected chi connectivity index (χ3v) is 22.3. The van der Waals surface area contributed by atoms with Crippen LogP contribution in [0.25, 0.3) is 0 Å². The van der Waals surface area contributed by atoms with Gasteiger partial charge in [0.05, 0.1) is 56.9 Å². The van der Waals surface area contributed by atoms with E-state index in [0.29, 0.717) is 102 Å². The molecule has 0 saturated heterocycles. The molecule has 0 fully saturated rings. The number of primary amides is 1. The number of carbonyl (C=O) groups is 12. The van der Waals surface area contributed by atoms with Crippen LogP contribution in [0.15, 0.2) is 121 Å². The third-order valence-electron chi connectivity index (χ3n) is 22.3. The summed E-state index contributed by atoms with van der Waals surface area (Å²) in [5, 5.41) is 3.18. The van der Waals surface area contributed by atoms with Crippen LogP contribution in [-0.4, -0.2) is 280 Å². The van der Waals surface area contributed by atoms with Gasteiger partial charge in [-0.2, -0.15) is 0 Å². The fourth-order valence-electron chi connectivity index (χ4n) is 13.8. The normalized spacial score (nSPS) is 13.2. The average molecular weight is 1630 g/mol. The van der Waals surface area contributed by atoms with Crippen molar-refractivity contribution >= 4 is 70.9 Å². The molecule has 0 aliphatic heterocycles. The Bertz CT molecular complexity index is 3700. The topological polar surface area (TPSA) is 383 Å². The molecule has 0 bridgehead atoms. The van der Waals surface area contributed by atoms with Crippen molar-refractivity contribution in [3.8, 4) is 0 Å². The van der Waals surface area contributed by atoms with Crippen molar-refractivity contribution in [1.29, 1.82) is 0 Å². The molecule has 4 aromatic carbocycles. The second-order valence-electron chi connectivity index (χ2n) is 30.6. The maximum Gasteiger partial charge on any atom is 0.243 e. The molecular formula is C88H139N17O12. The van der Waals surface area contributed by atoms with Gasteiger partial charge in [0.15, 0.2) is 0 Å². The molecule has 4 rings (SSSR count). The van der Waals surface area contributed by atoms with Crippen LogP contribution >= 0.6 is 0 Å². The molecule has 0 aliphatic rings. The van der Waals surface area contributed by atoms with Gasteiger partial charge in [0.25, 0.3) is 0 Å². The van der Waals surface area contributed by atoms with Gasteiger partial charge in [0.1, 0.15) is 45.8 Å². The van der Waals surface area contributed by atoms with E-state index < -0.39 is 173 Å². The van der Waals surface area contributed by atoms with Gasteiger partial charge in [-0.3, -0.25) is 57.5 Å². The fourth-order valence-corrected chi connectivity index (χ4v) is 13.8. The van der Waals surface area contributed by atoms with Crippen LogP contribution in [-0.2, 0) is 57.5 Å². The molecule has 117 heavy (non-hydrogen) atoms. The van der Waals surface area contributed by atoms with E-state index in [-0.39, 0.29) is 51.2 Å². The molecule has 0 aromatic heterocycles. The summed E-state index contributed by atoms with van der Waals surface area (Å²) in [6.07, 6.45) is 5.95. The number of nitrogens with one attached hydrogen (secondary N) is 1. The van der Waals surface area contributed by atoms with Crippen LogP contribution in [0.4, 0.5) is 0 Å². The molecule has 0 spiro atoms. The molecule has 29 heteroatoms. The standard InChI is InChI=1S/C88H139N17O12/c1-13-65(5)98(78(107)53-94-49-33-29-45-89)61-86(115)103(70(10)74-39-23-18-24-40-74)58-79(108)96(51-35-31-47-91)56-83(112)100(67(7)15-3)63-88(117)105(72(12)76-43-27-20-28-44-76)60-81(110)97(52-36-32-48-92)57-84(113)101(68(8)16-4)64-87(116)104(71(11)75-41-25-19-26-42-75)59-80(109)95(50-34-30-46-90)55-82(111)99(66(6)14-2)62-85(114)102(54-77(93)106)69(9)73-37-21-17-22-38-73/h17-28,37-44,65-72,94H,13-16,29-36,45-64,89-92H2,1-12H3,(H2,93,106)/t65-,66-,67-,68-,69-,70-,71-,72-/m1/s1. The fraction of sp³-hybridized carbons (Fsp3) is 0.591. The lowest BCUT2D eigenvalue weighted by Crippen LogP contribution is -2.55. The second-order valence-corrected chi connectivity index (χ2v) is 30.6. The molecule has 0 radical (unpaired) electrons. The van der Waals surface area contributed by atoms with Crippen molar-refractivity contribution in [2.45, 2.75) is 208 Å².